The molecule has 1 aromatic rings. The topological polar surface area (TPSA) is 21.3 Å². The van der Waals surface area contributed by atoms with Crippen molar-refractivity contribution >= 4 is 22.0 Å². The summed E-state index contributed by atoms with van der Waals surface area (Å²) in [5.41, 5.74) is 2.50. The van der Waals surface area contributed by atoms with Crippen molar-refractivity contribution in [3.05, 3.63) is 33.9 Å². The largest absolute Gasteiger partial charge is 0.496 e. The fraction of sp³-hybridized carbons (Fsp3) is 0.385. The van der Waals surface area contributed by atoms with Crippen LogP contribution >= 0.6 is 15.9 Å². The molecule has 86 valence electrons. The molecule has 3 heteroatoms. The third-order valence-electron chi connectivity index (χ3n) is 2.89. The first kappa shape index (κ1) is 11.5. The summed E-state index contributed by atoms with van der Waals surface area (Å²) >= 11 is 3.59. The van der Waals surface area contributed by atoms with Gasteiger partial charge in [0.1, 0.15) is 5.75 Å². The summed E-state index contributed by atoms with van der Waals surface area (Å²) in [5, 5.41) is 3.40. The first-order valence-corrected chi connectivity index (χ1v) is 6.36. The zero-order valence-corrected chi connectivity index (χ0v) is 11.2. The lowest BCUT2D eigenvalue weighted by molar-refractivity contribution is 0.399. The Morgan fingerprint density at radius 1 is 1.44 bits per heavy atom. The highest BCUT2D eigenvalue weighted by atomic mass is 79.9. The van der Waals surface area contributed by atoms with E-state index in [1.54, 1.807) is 7.11 Å². The van der Waals surface area contributed by atoms with Crippen molar-refractivity contribution in [1.29, 1.82) is 0 Å². The SMILES string of the molecule is CCCC1NC=Cc2c(Br)ccc(OC)c21. The number of halogens is 1. The second kappa shape index (κ2) is 4.91. The number of hydrogen-bond acceptors (Lipinski definition) is 2. The normalized spacial score (nSPS) is 17.8. The number of benzene rings is 1. The standard InChI is InChI=1S/C13H16BrNO/c1-3-4-11-13-9(7-8-15-11)10(14)5-6-12(13)16-2/h5-8,11,15H,3-4H2,1-2H3. The Morgan fingerprint density at radius 2 is 2.25 bits per heavy atom. The van der Waals surface area contributed by atoms with Gasteiger partial charge in [0.05, 0.1) is 13.2 Å². The van der Waals surface area contributed by atoms with E-state index in [0.717, 1.165) is 23.1 Å². The molecule has 1 unspecified atom stereocenters. The molecular formula is C13H16BrNO. The van der Waals surface area contributed by atoms with Crippen molar-refractivity contribution in [1.82, 2.24) is 5.32 Å². The molecule has 0 fully saturated rings. The van der Waals surface area contributed by atoms with Gasteiger partial charge in [-0.15, -0.1) is 0 Å². The molecular weight excluding hydrogens is 266 g/mol. The average Bonchev–Trinajstić information content (AvgIpc) is 2.31. The maximum atomic E-state index is 5.45. The molecule has 1 N–H and O–H groups in total. The first-order valence-electron chi connectivity index (χ1n) is 5.57. The smallest absolute Gasteiger partial charge is 0.124 e. The van der Waals surface area contributed by atoms with E-state index >= 15 is 0 Å². The van der Waals surface area contributed by atoms with Crippen LogP contribution in [0.4, 0.5) is 0 Å². The predicted molar refractivity (Wildman–Crippen MR) is 70.5 cm³/mol. The summed E-state index contributed by atoms with van der Waals surface area (Å²) in [6, 6.07) is 4.42. The molecule has 1 aliphatic heterocycles. The summed E-state index contributed by atoms with van der Waals surface area (Å²) in [6.45, 7) is 2.20. The molecule has 0 bridgehead atoms. The van der Waals surface area contributed by atoms with Crippen LogP contribution in [-0.4, -0.2) is 7.11 Å². The fourth-order valence-corrected chi connectivity index (χ4v) is 2.62. The van der Waals surface area contributed by atoms with E-state index in [2.05, 4.69) is 34.2 Å². The van der Waals surface area contributed by atoms with Crippen LogP contribution in [0, 0.1) is 0 Å². The summed E-state index contributed by atoms with van der Waals surface area (Å²) in [5.74, 6) is 0.966. The van der Waals surface area contributed by atoms with Crippen LogP contribution in [0.2, 0.25) is 0 Å². The minimum absolute atomic E-state index is 0.359. The molecule has 16 heavy (non-hydrogen) atoms. The molecule has 0 aromatic heterocycles. The number of nitrogens with one attached hydrogen (secondary N) is 1. The Hall–Kier alpha value is -0.960. The van der Waals surface area contributed by atoms with Crippen LogP contribution in [0.1, 0.15) is 36.9 Å². The molecule has 1 heterocycles. The Labute approximate surface area is 105 Å². The minimum Gasteiger partial charge on any atom is -0.496 e. The van der Waals surface area contributed by atoms with Crippen molar-refractivity contribution in [2.45, 2.75) is 25.8 Å². The second-order valence-corrected chi connectivity index (χ2v) is 4.77. The van der Waals surface area contributed by atoms with Gasteiger partial charge in [0.2, 0.25) is 0 Å². The van der Waals surface area contributed by atoms with Gasteiger partial charge in [-0.1, -0.05) is 29.3 Å². The van der Waals surface area contributed by atoms with Gasteiger partial charge in [-0.25, -0.2) is 0 Å². The highest BCUT2D eigenvalue weighted by Crippen LogP contribution is 2.38. The van der Waals surface area contributed by atoms with Gasteiger partial charge in [-0.05, 0) is 36.4 Å². The van der Waals surface area contributed by atoms with Crippen LogP contribution in [0.5, 0.6) is 5.75 Å². The van der Waals surface area contributed by atoms with Gasteiger partial charge in [-0.2, -0.15) is 0 Å². The second-order valence-electron chi connectivity index (χ2n) is 3.92. The van der Waals surface area contributed by atoms with E-state index in [1.807, 2.05) is 18.3 Å². The van der Waals surface area contributed by atoms with E-state index in [-0.39, 0.29) is 0 Å². The van der Waals surface area contributed by atoms with Gasteiger partial charge in [0.25, 0.3) is 0 Å². The van der Waals surface area contributed by atoms with Gasteiger partial charge >= 0.3 is 0 Å². The zero-order chi connectivity index (χ0) is 11.5. The highest BCUT2D eigenvalue weighted by Gasteiger charge is 2.21. The Bertz CT molecular complexity index is 415. The quantitative estimate of drug-likeness (QED) is 0.908. The van der Waals surface area contributed by atoms with E-state index in [4.69, 9.17) is 4.74 Å². The van der Waals surface area contributed by atoms with Gasteiger partial charge in [0, 0.05) is 10.0 Å². The summed E-state index contributed by atoms with van der Waals surface area (Å²) < 4.78 is 6.58. The maximum Gasteiger partial charge on any atom is 0.124 e. The van der Waals surface area contributed by atoms with Gasteiger partial charge < -0.3 is 10.1 Å². The lowest BCUT2D eigenvalue weighted by Crippen LogP contribution is -2.20. The molecule has 0 radical (unpaired) electrons. The van der Waals surface area contributed by atoms with Crippen molar-refractivity contribution < 1.29 is 4.74 Å². The monoisotopic (exact) mass is 281 g/mol. The maximum absolute atomic E-state index is 5.45. The van der Waals surface area contributed by atoms with Crippen LogP contribution in [0.15, 0.2) is 22.8 Å². The number of fused-ring (bicyclic) bond motifs is 1. The van der Waals surface area contributed by atoms with Crippen LogP contribution in [0.25, 0.3) is 6.08 Å². The van der Waals surface area contributed by atoms with Crippen LogP contribution in [-0.2, 0) is 0 Å². The molecule has 0 aliphatic carbocycles. The van der Waals surface area contributed by atoms with Crippen LogP contribution in [0.3, 0.4) is 0 Å². The van der Waals surface area contributed by atoms with E-state index in [9.17, 15) is 0 Å². The lowest BCUT2D eigenvalue weighted by atomic mass is 9.94. The van der Waals surface area contributed by atoms with Crippen molar-refractivity contribution in [3.63, 3.8) is 0 Å². The van der Waals surface area contributed by atoms with Crippen molar-refractivity contribution in [2.75, 3.05) is 7.11 Å². The van der Waals surface area contributed by atoms with E-state index < -0.39 is 0 Å². The Kier molecular flexibility index (Phi) is 3.54. The number of hydrogen-bond donors (Lipinski definition) is 1. The number of rotatable bonds is 3. The third-order valence-corrected chi connectivity index (χ3v) is 3.58. The molecule has 1 aromatic carbocycles. The molecule has 0 saturated heterocycles. The summed E-state index contributed by atoms with van der Waals surface area (Å²) in [7, 11) is 1.73. The average molecular weight is 282 g/mol. The molecule has 2 nitrogen and oxygen atoms in total. The zero-order valence-electron chi connectivity index (χ0n) is 9.59. The van der Waals surface area contributed by atoms with Gasteiger partial charge in [0.15, 0.2) is 0 Å². The molecule has 0 spiro atoms. The summed E-state index contributed by atoms with van der Waals surface area (Å²) in [4.78, 5) is 0. The van der Waals surface area contributed by atoms with E-state index in [0.29, 0.717) is 6.04 Å². The molecule has 0 amide bonds. The molecule has 1 aliphatic rings. The van der Waals surface area contributed by atoms with Crippen LogP contribution < -0.4 is 10.1 Å². The van der Waals surface area contributed by atoms with Crippen molar-refractivity contribution in [3.8, 4) is 5.75 Å². The van der Waals surface area contributed by atoms with Crippen molar-refractivity contribution in [2.24, 2.45) is 0 Å². The Morgan fingerprint density at radius 3 is 2.94 bits per heavy atom. The van der Waals surface area contributed by atoms with E-state index in [1.165, 1.54) is 11.1 Å². The first-order chi connectivity index (χ1) is 7.77. The minimum atomic E-state index is 0.359. The fourth-order valence-electron chi connectivity index (χ4n) is 2.14. The predicted octanol–water partition coefficient (Wildman–Crippen LogP) is 3.87. The number of methoxy groups -OCH3 is 1. The molecule has 1 atom stereocenters. The number of ether oxygens (including phenoxy) is 1. The lowest BCUT2D eigenvalue weighted by Gasteiger charge is -2.26. The Balaban J connectivity index is 2.52. The van der Waals surface area contributed by atoms with Gasteiger partial charge in [-0.3, -0.25) is 0 Å². The molecule has 2 rings (SSSR count). The highest BCUT2D eigenvalue weighted by molar-refractivity contribution is 9.10. The third kappa shape index (κ3) is 1.96. The molecule has 0 saturated carbocycles. The summed E-state index contributed by atoms with van der Waals surface area (Å²) in [6.07, 6.45) is 6.38.